The number of nitrogens with zero attached hydrogens (tertiary/aromatic N) is 4. The Kier molecular flexibility index (Phi) is 7.58. The van der Waals surface area contributed by atoms with Crippen LogP contribution in [0.2, 0.25) is 18.1 Å². The molecule has 2 aromatic rings. The number of aromatic nitrogens is 4. The number of nitrogens with two attached hydrogens (primary N) is 1. The van der Waals surface area contributed by atoms with Crippen molar-refractivity contribution in [2.75, 3.05) is 12.3 Å². The molecule has 1 fully saturated rings. The SMILES string of the molecule is C[C@@H]1NC(=O)CC/C=C\O[C@@H]2[C@H](OC1=O)[C@@H](CO[Si](C)(C)C(C)(C)C)O[C@H]2n1cnc2c(N)ncnc21. The first-order valence-corrected chi connectivity index (χ1v) is 15.3. The molecule has 0 radical (unpaired) electrons. The van der Waals surface area contributed by atoms with E-state index in [0.717, 1.165) is 0 Å². The Hall–Kier alpha value is -3.03. The Morgan fingerprint density at radius 1 is 1.22 bits per heavy atom. The van der Waals surface area contributed by atoms with Gasteiger partial charge in [0.15, 0.2) is 38.2 Å². The number of anilines is 1. The molecule has 4 rings (SSSR count). The summed E-state index contributed by atoms with van der Waals surface area (Å²) in [4.78, 5) is 37.9. The van der Waals surface area contributed by atoms with Crippen molar-refractivity contribution in [1.29, 1.82) is 0 Å². The van der Waals surface area contributed by atoms with Gasteiger partial charge in [0, 0.05) is 6.42 Å². The van der Waals surface area contributed by atoms with Gasteiger partial charge in [0.05, 0.1) is 19.2 Å². The summed E-state index contributed by atoms with van der Waals surface area (Å²) in [5.74, 6) is -0.585. The molecule has 0 aliphatic carbocycles. The molecule has 12 nitrogen and oxygen atoms in total. The highest BCUT2D eigenvalue weighted by atomic mass is 28.4. The van der Waals surface area contributed by atoms with E-state index in [1.54, 1.807) is 23.9 Å². The number of esters is 1. The molecule has 5 atom stereocenters. The highest BCUT2D eigenvalue weighted by molar-refractivity contribution is 6.74. The Bertz CT molecular complexity index is 1180. The van der Waals surface area contributed by atoms with Crippen molar-refractivity contribution < 1.29 is 28.2 Å². The zero-order valence-corrected chi connectivity index (χ0v) is 23.1. The first-order chi connectivity index (χ1) is 17.4. The molecular formula is C24H36N6O6Si. The number of nitrogen functional groups attached to an aromatic ring is 1. The molecule has 4 heterocycles. The third-order valence-electron chi connectivity index (χ3n) is 7.21. The maximum atomic E-state index is 13.0. The average molecular weight is 533 g/mol. The van der Waals surface area contributed by atoms with Gasteiger partial charge in [-0.05, 0) is 37.6 Å². The lowest BCUT2D eigenvalue weighted by molar-refractivity contribution is -0.159. The molecular weight excluding hydrogens is 496 g/mol. The summed E-state index contributed by atoms with van der Waals surface area (Å²) in [6, 6.07) is -0.834. The van der Waals surface area contributed by atoms with E-state index in [-0.39, 0.29) is 29.8 Å². The van der Waals surface area contributed by atoms with Gasteiger partial charge >= 0.3 is 5.97 Å². The zero-order chi connectivity index (χ0) is 27.0. The molecule has 0 aromatic carbocycles. The van der Waals surface area contributed by atoms with E-state index in [1.165, 1.54) is 12.6 Å². The van der Waals surface area contributed by atoms with Crippen molar-refractivity contribution in [3.63, 3.8) is 0 Å². The third-order valence-corrected chi connectivity index (χ3v) is 11.7. The average Bonchev–Trinajstić information content (AvgIpc) is 3.38. The number of amides is 1. The predicted octanol–water partition coefficient (Wildman–Crippen LogP) is 2.44. The monoisotopic (exact) mass is 532 g/mol. The number of ether oxygens (including phenoxy) is 3. The highest BCUT2D eigenvalue weighted by Crippen LogP contribution is 2.40. The Morgan fingerprint density at radius 2 is 1.97 bits per heavy atom. The number of allylic oxidation sites excluding steroid dienone is 1. The van der Waals surface area contributed by atoms with Crippen molar-refractivity contribution in [2.45, 2.75) is 89.3 Å². The summed E-state index contributed by atoms with van der Waals surface area (Å²) < 4.78 is 26.7. The van der Waals surface area contributed by atoms with Gasteiger partial charge in [-0.1, -0.05) is 20.8 Å². The van der Waals surface area contributed by atoms with Crippen molar-refractivity contribution in [2.24, 2.45) is 0 Å². The van der Waals surface area contributed by atoms with E-state index < -0.39 is 44.9 Å². The summed E-state index contributed by atoms with van der Waals surface area (Å²) >= 11 is 0. The number of fused-ring (bicyclic) bond motifs is 2. The van der Waals surface area contributed by atoms with E-state index in [1.807, 2.05) is 0 Å². The van der Waals surface area contributed by atoms with Crippen molar-refractivity contribution in [3.05, 3.63) is 25.0 Å². The molecule has 1 saturated heterocycles. The van der Waals surface area contributed by atoms with Gasteiger partial charge in [0.25, 0.3) is 0 Å². The van der Waals surface area contributed by atoms with Gasteiger partial charge in [-0.25, -0.2) is 19.7 Å². The lowest BCUT2D eigenvalue weighted by Gasteiger charge is -2.37. The van der Waals surface area contributed by atoms with Gasteiger partial charge < -0.3 is 29.7 Å². The second kappa shape index (κ2) is 10.4. The van der Waals surface area contributed by atoms with Gasteiger partial charge in [-0.2, -0.15) is 0 Å². The minimum absolute atomic E-state index is 0.0272. The van der Waals surface area contributed by atoms with Crippen LogP contribution >= 0.6 is 0 Å². The number of carbonyl (C=O) groups excluding carboxylic acids is 2. The fraction of sp³-hybridized carbons (Fsp3) is 0.625. The van der Waals surface area contributed by atoms with Crippen molar-refractivity contribution >= 4 is 37.2 Å². The Morgan fingerprint density at radius 3 is 2.70 bits per heavy atom. The lowest BCUT2D eigenvalue weighted by Crippen LogP contribution is -2.48. The van der Waals surface area contributed by atoms with E-state index in [4.69, 9.17) is 24.4 Å². The minimum Gasteiger partial charge on any atom is -0.490 e. The number of carbonyl (C=O) groups is 2. The molecule has 13 heteroatoms. The Balaban J connectivity index is 1.71. The fourth-order valence-corrected chi connectivity index (χ4v) is 4.97. The van der Waals surface area contributed by atoms with Crippen molar-refractivity contribution in [1.82, 2.24) is 24.8 Å². The molecule has 0 spiro atoms. The number of hydrogen-bond donors (Lipinski definition) is 2. The topological polar surface area (TPSA) is 153 Å². The van der Waals surface area contributed by atoms with E-state index >= 15 is 0 Å². The largest absolute Gasteiger partial charge is 0.490 e. The molecule has 1 amide bonds. The van der Waals surface area contributed by atoms with Crippen LogP contribution in [0.25, 0.3) is 11.2 Å². The van der Waals surface area contributed by atoms with E-state index in [2.05, 4.69) is 54.1 Å². The summed E-state index contributed by atoms with van der Waals surface area (Å²) in [5.41, 5.74) is 6.89. The maximum absolute atomic E-state index is 13.0. The molecule has 2 aliphatic heterocycles. The second-order valence-corrected chi connectivity index (χ2v) is 15.7. The van der Waals surface area contributed by atoms with Gasteiger partial charge in [-0.3, -0.25) is 9.36 Å². The van der Waals surface area contributed by atoms with Crippen LogP contribution in [0, 0.1) is 0 Å². The lowest BCUT2D eigenvalue weighted by atomic mass is 10.1. The first-order valence-electron chi connectivity index (χ1n) is 12.4. The summed E-state index contributed by atoms with van der Waals surface area (Å²) in [5, 5.41) is 2.66. The second-order valence-electron chi connectivity index (χ2n) is 10.9. The fourth-order valence-electron chi connectivity index (χ4n) is 3.95. The summed E-state index contributed by atoms with van der Waals surface area (Å²) in [7, 11) is -2.15. The molecule has 0 bridgehead atoms. The van der Waals surface area contributed by atoms with E-state index in [9.17, 15) is 9.59 Å². The number of rotatable bonds is 4. The summed E-state index contributed by atoms with van der Waals surface area (Å²) in [6.45, 7) is 12.5. The van der Waals surface area contributed by atoms with Crippen LogP contribution in [0.1, 0.15) is 46.8 Å². The molecule has 0 saturated carbocycles. The highest BCUT2D eigenvalue weighted by Gasteiger charge is 2.51. The predicted molar refractivity (Wildman–Crippen MR) is 138 cm³/mol. The van der Waals surface area contributed by atoms with E-state index in [0.29, 0.717) is 17.6 Å². The standard InChI is InChI=1S/C24H36N6O6Si/c1-14-23(32)36-18-15(11-34-37(5,6)24(2,3)4)35-22(19(18)33-10-8-7-9-16(31)29-14)30-13-28-17-20(25)26-12-27-21(17)30/h8,10,12-15,18-19,22H,7,9,11H2,1-6H3,(H,29,31)(H2,25,26,27)/b10-8-/t14-,15+,18+,19+,22+/m0/s1. The molecule has 3 N–H and O–H groups in total. The smallest absolute Gasteiger partial charge is 0.328 e. The molecule has 37 heavy (non-hydrogen) atoms. The first kappa shape index (κ1) is 27.0. The van der Waals surface area contributed by atoms with Crippen molar-refractivity contribution in [3.8, 4) is 0 Å². The summed E-state index contributed by atoms with van der Waals surface area (Å²) in [6.07, 6.45) is 3.88. The molecule has 2 aromatic heterocycles. The van der Waals surface area contributed by atoms with Crippen LogP contribution in [0.4, 0.5) is 5.82 Å². The van der Waals surface area contributed by atoms with Crippen LogP contribution in [-0.4, -0.2) is 70.7 Å². The van der Waals surface area contributed by atoms with Crippen LogP contribution in [0.5, 0.6) is 0 Å². The quantitative estimate of drug-likeness (QED) is 0.443. The molecule has 2 aliphatic rings. The third kappa shape index (κ3) is 5.63. The van der Waals surface area contributed by atoms with Crippen LogP contribution in [0.15, 0.2) is 25.0 Å². The Labute approximate surface area is 217 Å². The number of nitrogens with one attached hydrogen (secondary N) is 1. The van der Waals surface area contributed by atoms with Gasteiger partial charge in [0.1, 0.15) is 24.0 Å². The van der Waals surface area contributed by atoms with Crippen LogP contribution in [-0.2, 0) is 28.2 Å². The molecule has 0 unspecified atom stereocenters. The maximum Gasteiger partial charge on any atom is 0.328 e. The normalized spacial score (nSPS) is 28.4. The number of hydrogen-bond acceptors (Lipinski definition) is 10. The number of imidazole rings is 1. The van der Waals surface area contributed by atoms with Gasteiger partial charge in [-0.15, -0.1) is 0 Å². The zero-order valence-electron chi connectivity index (χ0n) is 22.1. The van der Waals surface area contributed by atoms with Crippen LogP contribution < -0.4 is 11.1 Å². The minimum atomic E-state index is -2.15. The molecule has 202 valence electrons. The van der Waals surface area contributed by atoms with Crippen LogP contribution in [0.3, 0.4) is 0 Å². The van der Waals surface area contributed by atoms with Gasteiger partial charge in [0.2, 0.25) is 5.91 Å².